The normalized spacial score (nSPS) is 10.5. The van der Waals surface area contributed by atoms with Gasteiger partial charge in [-0.15, -0.1) is 0 Å². The number of rotatable bonds is 6. The Bertz CT molecular complexity index is 1130. The molecule has 148 valence electrons. The topological polar surface area (TPSA) is 80.9 Å². The van der Waals surface area contributed by atoms with E-state index >= 15 is 0 Å². The van der Waals surface area contributed by atoms with Gasteiger partial charge in [0.15, 0.2) is 5.82 Å². The van der Waals surface area contributed by atoms with Crippen LogP contribution in [0.3, 0.4) is 0 Å². The fraction of sp³-hybridized carbons (Fsp3) is 0.0800. The lowest BCUT2D eigenvalue weighted by Gasteiger charge is -2.12. The van der Waals surface area contributed by atoms with Crippen LogP contribution < -0.4 is 11.1 Å². The van der Waals surface area contributed by atoms with E-state index in [0.29, 0.717) is 17.9 Å². The number of hydrogen-bond acceptors (Lipinski definition) is 4. The van der Waals surface area contributed by atoms with Gasteiger partial charge in [-0.2, -0.15) is 0 Å². The molecule has 5 nitrogen and oxygen atoms in total. The number of carbonyl (C=O) groups excluding carboxylic acids is 1. The highest BCUT2D eigenvalue weighted by molar-refractivity contribution is 5.92. The van der Waals surface area contributed by atoms with Crippen LogP contribution in [0.5, 0.6) is 0 Å². The average molecular weight is 394 g/mol. The Morgan fingerprint density at radius 2 is 1.47 bits per heavy atom. The first kappa shape index (κ1) is 19.3. The Labute approximate surface area is 175 Å². The smallest absolute Gasteiger partial charge is 0.229 e. The molecule has 4 rings (SSSR count). The first-order chi connectivity index (χ1) is 14.7. The summed E-state index contributed by atoms with van der Waals surface area (Å²) < 4.78 is 0. The fourth-order valence-electron chi connectivity index (χ4n) is 3.19. The summed E-state index contributed by atoms with van der Waals surface area (Å²) >= 11 is 0. The van der Waals surface area contributed by atoms with Crippen LogP contribution in [0.25, 0.3) is 11.3 Å². The zero-order valence-corrected chi connectivity index (χ0v) is 16.5. The van der Waals surface area contributed by atoms with Crippen LogP contribution in [0.2, 0.25) is 0 Å². The van der Waals surface area contributed by atoms with Crippen LogP contribution in [0.15, 0.2) is 91.1 Å². The molecule has 0 atom stereocenters. The molecular formula is C25H22N4O. The molecule has 0 unspecified atom stereocenters. The van der Waals surface area contributed by atoms with E-state index in [2.05, 4.69) is 10.3 Å². The van der Waals surface area contributed by atoms with Crippen LogP contribution in [-0.2, 0) is 17.6 Å². The molecule has 1 amide bonds. The highest BCUT2D eigenvalue weighted by atomic mass is 16.1. The predicted molar refractivity (Wildman–Crippen MR) is 120 cm³/mol. The van der Waals surface area contributed by atoms with Gasteiger partial charge in [0.25, 0.3) is 0 Å². The van der Waals surface area contributed by atoms with Gasteiger partial charge in [-0.05, 0) is 23.3 Å². The van der Waals surface area contributed by atoms with Gasteiger partial charge in [-0.3, -0.25) is 4.79 Å². The lowest BCUT2D eigenvalue weighted by Crippen LogP contribution is -2.17. The maximum absolute atomic E-state index is 12.6. The molecule has 1 aromatic heterocycles. The standard InChI is InChI=1S/C25H22N4O/c26-21-13-11-20(12-14-21)23-17-27-25(22(28-23)15-18-7-3-1-4-8-18)29-24(30)16-19-9-5-2-6-10-19/h1-14,17H,15-16,26H2,(H,27,29,30). The first-order valence-corrected chi connectivity index (χ1v) is 9.77. The summed E-state index contributed by atoms with van der Waals surface area (Å²) in [5, 5.41) is 2.93. The van der Waals surface area contributed by atoms with Crippen LogP contribution in [0, 0.1) is 0 Å². The lowest BCUT2D eigenvalue weighted by molar-refractivity contribution is -0.115. The minimum Gasteiger partial charge on any atom is -0.399 e. The first-order valence-electron chi connectivity index (χ1n) is 9.77. The summed E-state index contributed by atoms with van der Waals surface area (Å²) in [4.78, 5) is 21.9. The maximum Gasteiger partial charge on any atom is 0.229 e. The van der Waals surface area contributed by atoms with Gasteiger partial charge in [-0.1, -0.05) is 72.8 Å². The zero-order chi connectivity index (χ0) is 20.8. The van der Waals surface area contributed by atoms with E-state index in [-0.39, 0.29) is 12.3 Å². The van der Waals surface area contributed by atoms with Crippen LogP contribution in [0.4, 0.5) is 11.5 Å². The number of nitrogens with one attached hydrogen (secondary N) is 1. The van der Waals surface area contributed by atoms with Crippen molar-refractivity contribution >= 4 is 17.4 Å². The van der Waals surface area contributed by atoms with Gasteiger partial charge >= 0.3 is 0 Å². The second-order valence-electron chi connectivity index (χ2n) is 7.05. The van der Waals surface area contributed by atoms with Crippen LogP contribution >= 0.6 is 0 Å². The van der Waals surface area contributed by atoms with E-state index in [9.17, 15) is 4.79 Å². The maximum atomic E-state index is 12.6. The second-order valence-corrected chi connectivity index (χ2v) is 7.05. The molecule has 5 heteroatoms. The van der Waals surface area contributed by atoms with Crippen molar-refractivity contribution in [2.45, 2.75) is 12.8 Å². The SMILES string of the molecule is Nc1ccc(-c2cnc(NC(=O)Cc3ccccc3)c(Cc3ccccc3)n2)cc1. The summed E-state index contributed by atoms with van der Waals surface area (Å²) in [6.45, 7) is 0. The summed E-state index contributed by atoms with van der Waals surface area (Å²) in [5.74, 6) is 0.365. The van der Waals surface area contributed by atoms with Gasteiger partial charge in [0.05, 0.1) is 24.0 Å². The van der Waals surface area contributed by atoms with Crippen molar-refractivity contribution in [3.05, 3.63) is 108 Å². The molecule has 0 saturated carbocycles. The molecule has 3 aromatic carbocycles. The zero-order valence-electron chi connectivity index (χ0n) is 16.5. The van der Waals surface area contributed by atoms with E-state index < -0.39 is 0 Å². The molecular weight excluding hydrogens is 372 g/mol. The summed E-state index contributed by atoms with van der Waals surface area (Å²) in [7, 11) is 0. The van der Waals surface area contributed by atoms with Crippen molar-refractivity contribution in [2.75, 3.05) is 11.1 Å². The van der Waals surface area contributed by atoms with Gasteiger partial charge in [0, 0.05) is 17.7 Å². The number of aromatic nitrogens is 2. The van der Waals surface area contributed by atoms with Gasteiger partial charge in [0.2, 0.25) is 5.91 Å². The average Bonchev–Trinajstić information content (AvgIpc) is 2.77. The lowest BCUT2D eigenvalue weighted by atomic mass is 10.1. The molecule has 0 fully saturated rings. The van der Waals surface area contributed by atoms with Crippen molar-refractivity contribution in [1.82, 2.24) is 9.97 Å². The third-order valence-corrected chi connectivity index (χ3v) is 4.73. The van der Waals surface area contributed by atoms with Crippen molar-refractivity contribution < 1.29 is 4.79 Å². The third kappa shape index (κ3) is 4.89. The van der Waals surface area contributed by atoms with Crippen molar-refractivity contribution in [3.63, 3.8) is 0 Å². The quantitative estimate of drug-likeness (QED) is 0.472. The molecule has 0 bridgehead atoms. The molecule has 0 aliphatic heterocycles. The molecule has 30 heavy (non-hydrogen) atoms. The van der Waals surface area contributed by atoms with E-state index in [1.54, 1.807) is 6.20 Å². The number of hydrogen-bond donors (Lipinski definition) is 2. The Morgan fingerprint density at radius 3 is 2.13 bits per heavy atom. The third-order valence-electron chi connectivity index (χ3n) is 4.73. The van der Waals surface area contributed by atoms with Crippen LogP contribution in [0.1, 0.15) is 16.8 Å². The fourth-order valence-corrected chi connectivity index (χ4v) is 3.19. The minimum absolute atomic E-state index is 0.120. The number of nitrogen functional groups attached to an aromatic ring is 1. The number of anilines is 2. The molecule has 0 aliphatic carbocycles. The minimum atomic E-state index is -0.120. The number of carbonyl (C=O) groups is 1. The van der Waals surface area contributed by atoms with Crippen molar-refractivity contribution in [2.24, 2.45) is 0 Å². The van der Waals surface area contributed by atoms with E-state index in [0.717, 1.165) is 28.1 Å². The predicted octanol–water partition coefficient (Wildman–Crippen LogP) is 4.50. The number of benzene rings is 3. The van der Waals surface area contributed by atoms with Crippen LogP contribution in [-0.4, -0.2) is 15.9 Å². The highest BCUT2D eigenvalue weighted by Gasteiger charge is 2.13. The second kappa shape index (κ2) is 9.01. The molecule has 0 aliphatic rings. The molecule has 4 aromatic rings. The van der Waals surface area contributed by atoms with Gasteiger partial charge in [0.1, 0.15) is 0 Å². The summed E-state index contributed by atoms with van der Waals surface area (Å²) in [6, 6.07) is 27.2. The van der Waals surface area contributed by atoms with E-state index in [1.165, 1.54) is 0 Å². The van der Waals surface area contributed by atoms with Gasteiger partial charge in [-0.25, -0.2) is 9.97 Å². The largest absolute Gasteiger partial charge is 0.399 e. The van der Waals surface area contributed by atoms with Crippen molar-refractivity contribution in [1.29, 1.82) is 0 Å². The number of nitrogens with zero attached hydrogens (tertiary/aromatic N) is 2. The molecule has 0 saturated heterocycles. The highest BCUT2D eigenvalue weighted by Crippen LogP contribution is 2.23. The van der Waals surface area contributed by atoms with Gasteiger partial charge < -0.3 is 11.1 Å². The molecule has 0 spiro atoms. The molecule has 1 heterocycles. The molecule has 0 radical (unpaired) electrons. The van der Waals surface area contributed by atoms with E-state index in [1.807, 2.05) is 84.9 Å². The number of amides is 1. The Kier molecular flexibility index (Phi) is 5.80. The van der Waals surface area contributed by atoms with E-state index in [4.69, 9.17) is 10.7 Å². The number of nitrogens with two attached hydrogens (primary N) is 1. The van der Waals surface area contributed by atoms with Crippen molar-refractivity contribution in [3.8, 4) is 11.3 Å². The monoisotopic (exact) mass is 394 g/mol. The Balaban J connectivity index is 1.62. The summed E-state index contributed by atoms with van der Waals surface area (Å²) in [5.41, 5.74) is 10.9. The Morgan fingerprint density at radius 1 is 0.833 bits per heavy atom. The Hall–Kier alpha value is -3.99. The summed E-state index contributed by atoms with van der Waals surface area (Å²) in [6.07, 6.45) is 2.53. The molecule has 3 N–H and O–H groups in total.